The Labute approximate surface area is 356 Å². The van der Waals surface area contributed by atoms with E-state index in [1.165, 1.54) is 101 Å². The topological polar surface area (TPSA) is 173 Å². The van der Waals surface area contributed by atoms with Gasteiger partial charge in [0.1, 0.15) is 35.3 Å². The van der Waals surface area contributed by atoms with Gasteiger partial charge in [-0.15, -0.1) is 0 Å². The second-order valence-electron chi connectivity index (χ2n) is 16.1. The van der Waals surface area contributed by atoms with Crippen molar-refractivity contribution in [1.29, 1.82) is 0 Å². The van der Waals surface area contributed by atoms with E-state index in [1.54, 1.807) is 18.2 Å². The maximum Gasteiger partial charge on any atom is 0.459 e. The molecule has 336 valence electrons. The minimum atomic E-state index is -4.58. The monoisotopic (exact) mass is 874 g/mol. The highest BCUT2D eigenvalue weighted by atomic mass is 31.2. The number of rotatable bonds is 28. The molecule has 1 aliphatic rings. The fraction of sp³-hybridized carbons (Fsp3) is 0.591. The third-order valence-electron chi connectivity index (χ3n) is 11.0. The highest BCUT2D eigenvalue weighted by Gasteiger charge is 2.48. The van der Waals surface area contributed by atoms with Crippen molar-refractivity contribution < 1.29 is 46.2 Å². The number of ether oxygens (including phenoxy) is 2. The number of anilines is 1. The first kappa shape index (κ1) is 48.0. The number of aliphatic hydroxyl groups is 1. The maximum atomic E-state index is 14.7. The van der Waals surface area contributed by atoms with Crippen LogP contribution >= 0.6 is 7.75 Å². The van der Waals surface area contributed by atoms with Gasteiger partial charge in [-0.25, -0.2) is 18.3 Å². The molecular formula is C44H62F3N6O7P. The number of fused-ring (bicyclic) bond motifs is 1. The van der Waals surface area contributed by atoms with E-state index in [4.69, 9.17) is 24.3 Å². The minimum Gasteiger partial charge on any atom is -0.465 e. The largest absolute Gasteiger partial charge is 0.465 e. The van der Waals surface area contributed by atoms with Crippen molar-refractivity contribution in [3.05, 3.63) is 78.1 Å². The molecule has 5 rings (SSSR count). The van der Waals surface area contributed by atoms with Crippen LogP contribution in [-0.4, -0.2) is 61.6 Å². The van der Waals surface area contributed by atoms with Gasteiger partial charge in [0.05, 0.1) is 25.6 Å². The molecule has 0 spiro atoms. The summed E-state index contributed by atoms with van der Waals surface area (Å²) in [5.74, 6) is -2.58. The predicted molar refractivity (Wildman–Crippen MR) is 227 cm³/mol. The summed E-state index contributed by atoms with van der Waals surface area (Å²) in [5.41, 5.74) is 4.58. The number of nitrogens with one attached hydrogen (secondary N) is 1. The Bertz CT molecular complexity index is 1990. The summed E-state index contributed by atoms with van der Waals surface area (Å²) in [5, 5.41) is 13.9. The molecule has 5 atom stereocenters. The first-order chi connectivity index (χ1) is 29.4. The molecule has 0 saturated carbocycles. The second kappa shape index (κ2) is 23.9. The number of unbranched alkanes of at least 4 members (excludes halogenated alkanes) is 15. The number of hydrogen-bond acceptors (Lipinski definition) is 11. The zero-order chi connectivity index (χ0) is 43.7. The van der Waals surface area contributed by atoms with Gasteiger partial charge in [0.15, 0.2) is 17.0 Å². The fourth-order valence-electron chi connectivity index (χ4n) is 7.48. The number of carbonyl (C=O) groups excluding carboxylic acids is 1. The number of halogens is 3. The van der Waals surface area contributed by atoms with Gasteiger partial charge in [-0.3, -0.25) is 13.9 Å². The number of nitrogens with two attached hydrogens (primary N) is 1. The molecule has 4 aromatic rings. The van der Waals surface area contributed by atoms with Crippen LogP contribution < -0.4 is 15.3 Å². The number of esters is 1. The summed E-state index contributed by atoms with van der Waals surface area (Å²) in [4.78, 5) is 25.1. The first-order valence-electron chi connectivity index (χ1n) is 21.8. The van der Waals surface area contributed by atoms with E-state index < -0.39 is 62.0 Å². The average molecular weight is 875 g/mol. The minimum absolute atomic E-state index is 0.0203. The van der Waals surface area contributed by atoms with Crippen LogP contribution in [-0.2, 0) is 29.8 Å². The van der Waals surface area contributed by atoms with Crippen molar-refractivity contribution in [1.82, 2.24) is 24.6 Å². The molecule has 0 aliphatic carbocycles. The lowest BCUT2D eigenvalue weighted by Crippen LogP contribution is -2.43. The van der Waals surface area contributed by atoms with E-state index >= 15 is 0 Å². The SMILES string of the molecule is CCCCCCCCCCCCCCCCCCOC(=O)[C@H](Cc1cc(F)cc(F)c1)NP(=O)(OC[C@@]1(C)O[C@@H](n2cnc3c(N)nc(F)nc32)C[C@@H]1O)Oc1ccccc1. The van der Waals surface area contributed by atoms with Crippen molar-refractivity contribution in [3.63, 3.8) is 0 Å². The van der Waals surface area contributed by atoms with Crippen molar-refractivity contribution in [2.45, 2.75) is 153 Å². The Balaban J connectivity index is 1.17. The van der Waals surface area contributed by atoms with Crippen molar-refractivity contribution in [2.75, 3.05) is 18.9 Å². The molecule has 0 bridgehead atoms. The highest BCUT2D eigenvalue weighted by molar-refractivity contribution is 7.52. The number of aliphatic hydroxyl groups excluding tert-OH is 1. The quantitative estimate of drug-likeness (QED) is 0.0214. The smallest absolute Gasteiger partial charge is 0.459 e. The Kier molecular flexibility index (Phi) is 18.8. The zero-order valence-electron chi connectivity index (χ0n) is 35.4. The van der Waals surface area contributed by atoms with Crippen LogP contribution in [0.15, 0.2) is 54.9 Å². The third-order valence-corrected chi connectivity index (χ3v) is 12.5. The van der Waals surface area contributed by atoms with Crippen LogP contribution in [0.5, 0.6) is 5.75 Å². The summed E-state index contributed by atoms with van der Waals surface area (Å²) in [7, 11) is -4.58. The number of nitrogen functional groups attached to an aromatic ring is 1. The molecule has 2 aromatic carbocycles. The molecule has 3 heterocycles. The van der Waals surface area contributed by atoms with Gasteiger partial charge in [0.2, 0.25) is 0 Å². The van der Waals surface area contributed by atoms with Crippen LogP contribution in [0, 0.1) is 17.7 Å². The summed E-state index contributed by atoms with van der Waals surface area (Å²) in [6.45, 7) is 3.32. The number of imidazole rings is 1. The third kappa shape index (κ3) is 15.1. The van der Waals surface area contributed by atoms with Crippen molar-refractivity contribution >= 4 is 30.7 Å². The average Bonchev–Trinajstić information content (AvgIpc) is 3.78. The standard InChI is InChI=1S/C44H62F3N6O7P/c1-3-4-5-6-7-8-9-10-11-12-13-14-15-16-17-21-24-57-42(55)36(27-32-25-33(45)28-34(46)26-32)52-61(56,60-35-22-19-18-20-23-35)58-30-44(2)37(54)29-38(59-44)53-31-49-39-40(48)50-43(47)51-41(39)53/h18-20,22-23,25-26,28,31,36-38,54H,3-17,21,24,27,29-30H2,1-2H3,(H,52,56)(H2,48,50,51)/t36-,37-,38+,44+,61?/m0/s1. The van der Waals surface area contributed by atoms with Crippen LogP contribution in [0.4, 0.5) is 19.0 Å². The maximum absolute atomic E-state index is 14.7. The van der Waals surface area contributed by atoms with Gasteiger partial charge in [0.25, 0.3) is 0 Å². The summed E-state index contributed by atoms with van der Waals surface area (Å²) < 4.78 is 82.4. The van der Waals surface area contributed by atoms with E-state index in [1.807, 2.05) is 0 Å². The number of hydrogen-bond donors (Lipinski definition) is 3. The molecule has 61 heavy (non-hydrogen) atoms. The molecule has 17 heteroatoms. The van der Waals surface area contributed by atoms with Crippen LogP contribution in [0.1, 0.15) is 135 Å². The summed E-state index contributed by atoms with van der Waals surface area (Å²) in [6.07, 6.45) is 16.9. The van der Waals surface area contributed by atoms with E-state index in [0.29, 0.717) is 12.5 Å². The van der Waals surface area contributed by atoms with Crippen molar-refractivity contribution in [3.8, 4) is 5.75 Å². The molecule has 2 aromatic heterocycles. The number of carbonyl (C=O) groups is 1. The lowest BCUT2D eigenvalue weighted by atomic mass is 10.0. The molecule has 0 radical (unpaired) electrons. The lowest BCUT2D eigenvalue weighted by Gasteiger charge is -2.31. The van der Waals surface area contributed by atoms with E-state index in [2.05, 4.69) is 27.0 Å². The Hall–Kier alpha value is -4.08. The van der Waals surface area contributed by atoms with Crippen LogP contribution in [0.2, 0.25) is 0 Å². The molecule has 1 fully saturated rings. The summed E-state index contributed by atoms with van der Waals surface area (Å²) in [6, 6.07) is 9.46. The van der Waals surface area contributed by atoms with E-state index in [0.717, 1.165) is 37.8 Å². The van der Waals surface area contributed by atoms with Gasteiger partial charge < -0.3 is 24.8 Å². The van der Waals surface area contributed by atoms with Crippen LogP contribution in [0.3, 0.4) is 0 Å². The summed E-state index contributed by atoms with van der Waals surface area (Å²) >= 11 is 0. The Morgan fingerprint density at radius 1 is 0.934 bits per heavy atom. The molecule has 4 N–H and O–H groups in total. The zero-order valence-corrected chi connectivity index (χ0v) is 36.3. The highest BCUT2D eigenvalue weighted by Crippen LogP contribution is 2.48. The van der Waals surface area contributed by atoms with Crippen LogP contribution in [0.25, 0.3) is 11.2 Å². The molecule has 0 amide bonds. The van der Waals surface area contributed by atoms with Crippen molar-refractivity contribution in [2.24, 2.45) is 0 Å². The lowest BCUT2D eigenvalue weighted by molar-refractivity contribution is -0.146. The number of aromatic nitrogens is 4. The Morgan fingerprint density at radius 3 is 2.13 bits per heavy atom. The predicted octanol–water partition coefficient (Wildman–Crippen LogP) is 10.1. The van der Waals surface area contributed by atoms with Gasteiger partial charge in [0, 0.05) is 12.5 Å². The number of nitrogens with zero attached hydrogens (tertiary/aromatic N) is 4. The molecule has 1 saturated heterocycles. The second-order valence-corrected chi connectivity index (χ2v) is 17.8. The normalized spacial score (nSPS) is 19.2. The van der Waals surface area contributed by atoms with Gasteiger partial charge in [-0.05, 0) is 49.6 Å². The fourth-order valence-corrected chi connectivity index (χ4v) is 9.07. The number of benzene rings is 2. The molecular weight excluding hydrogens is 812 g/mol. The van der Waals surface area contributed by atoms with Gasteiger partial charge >= 0.3 is 19.8 Å². The Morgan fingerprint density at radius 2 is 1.52 bits per heavy atom. The molecule has 1 unspecified atom stereocenters. The van der Waals surface area contributed by atoms with E-state index in [-0.39, 0.29) is 47.7 Å². The van der Waals surface area contributed by atoms with E-state index in [9.17, 15) is 27.6 Å². The number of para-hydroxylation sites is 1. The molecule has 13 nitrogen and oxygen atoms in total. The molecule has 1 aliphatic heterocycles. The van der Waals surface area contributed by atoms with Gasteiger partial charge in [-0.1, -0.05) is 121 Å². The first-order valence-corrected chi connectivity index (χ1v) is 23.3. The van der Waals surface area contributed by atoms with Gasteiger partial charge in [-0.2, -0.15) is 19.4 Å².